The van der Waals surface area contributed by atoms with Crippen LogP contribution in [0.5, 0.6) is 0 Å². The molecule has 4 aromatic carbocycles. The third-order valence-corrected chi connectivity index (χ3v) is 8.99. The Hall–Kier alpha value is -4.58. The molecule has 0 saturated carbocycles. The van der Waals surface area contributed by atoms with Crippen molar-refractivity contribution in [3.05, 3.63) is 131 Å². The Morgan fingerprint density at radius 2 is 1.60 bits per heavy atom. The normalized spacial score (nSPS) is 18.6. The molecular weight excluding hydrogens is 634 g/mol. The molecule has 0 bridgehead atoms. The number of carbonyl (C=O) groups is 2. The molecule has 4 aromatic rings. The summed E-state index contributed by atoms with van der Waals surface area (Å²) in [6.45, 7) is 4.67. The molecule has 10 nitrogen and oxygen atoms in total. The molecule has 5 atom stereocenters. The topological polar surface area (TPSA) is 130 Å². The first-order valence-corrected chi connectivity index (χ1v) is 17.0. The number of amides is 2. The van der Waals surface area contributed by atoms with Gasteiger partial charge in [-0.1, -0.05) is 97.1 Å². The molecule has 1 fully saturated rings. The Morgan fingerprint density at radius 3 is 2.30 bits per heavy atom. The molecule has 0 aromatic heterocycles. The molecule has 10 heteroatoms. The van der Waals surface area contributed by atoms with Gasteiger partial charge in [0.05, 0.1) is 31.5 Å². The molecule has 2 amide bonds. The number of nitrogens with one attached hydrogen (secondary N) is 2. The van der Waals surface area contributed by atoms with Gasteiger partial charge in [-0.05, 0) is 60.3 Å². The van der Waals surface area contributed by atoms with E-state index in [9.17, 15) is 19.8 Å². The monoisotopic (exact) mass is 681 g/mol. The van der Waals surface area contributed by atoms with Gasteiger partial charge in [0, 0.05) is 31.1 Å². The number of carbonyl (C=O) groups excluding carboxylic acids is 2. The van der Waals surface area contributed by atoms with Gasteiger partial charge in [-0.25, -0.2) is 4.79 Å². The van der Waals surface area contributed by atoms with E-state index in [-0.39, 0.29) is 38.0 Å². The van der Waals surface area contributed by atoms with Gasteiger partial charge in [0.25, 0.3) is 0 Å². The number of urea groups is 1. The van der Waals surface area contributed by atoms with Crippen LogP contribution < -0.4 is 10.6 Å². The van der Waals surface area contributed by atoms with Crippen molar-refractivity contribution in [2.24, 2.45) is 0 Å². The summed E-state index contributed by atoms with van der Waals surface area (Å²) in [4.78, 5) is 25.8. The lowest BCUT2D eigenvalue weighted by Crippen LogP contribution is -2.43. The number of rotatable bonds is 14. The molecule has 50 heavy (non-hydrogen) atoms. The number of hydrogen-bond donors (Lipinski definition) is 4. The van der Waals surface area contributed by atoms with Crippen molar-refractivity contribution in [1.29, 1.82) is 0 Å². The van der Waals surface area contributed by atoms with E-state index in [1.165, 1.54) is 0 Å². The summed E-state index contributed by atoms with van der Waals surface area (Å²) < 4.78 is 18.0. The highest BCUT2D eigenvalue weighted by Gasteiger charge is 2.34. The number of hydrogen-bond acceptors (Lipinski definition) is 8. The van der Waals surface area contributed by atoms with Gasteiger partial charge in [-0.2, -0.15) is 0 Å². The standard InChI is InChI=1S/C40H47N3O7/c1-4-48-37(45)24-42-40(47)41-23-29-9-8-12-34(21-29)30-17-19-33(20-18-30)39-49-35(22-36(50-39)31-15-13-28(26-44)14-16-31)25-43(3)27(2)38(46)32-10-6-5-7-11-32/h5-21,27,35-36,38-39,44,46H,4,22-26H2,1-3H3,(H2,41,42,47)/t27-,35-,36+,38-,39+/m0/s1. The third kappa shape index (κ3) is 9.99. The molecule has 5 rings (SSSR count). The minimum absolute atomic E-state index is 0.0230. The van der Waals surface area contributed by atoms with Gasteiger partial charge < -0.3 is 35.1 Å². The van der Waals surface area contributed by atoms with Crippen LogP contribution in [0.25, 0.3) is 11.1 Å². The van der Waals surface area contributed by atoms with Gasteiger partial charge in [-0.15, -0.1) is 0 Å². The van der Waals surface area contributed by atoms with Gasteiger partial charge in [0.15, 0.2) is 6.29 Å². The van der Waals surface area contributed by atoms with Gasteiger partial charge in [0.1, 0.15) is 6.54 Å². The summed E-state index contributed by atoms with van der Waals surface area (Å²) in [6, 6.07) is 32.9. The zero-order valence-electron chi connectivity index (χ0n) is 28.8. The van der Waals surface area contributed by atoms with Crippen molar-refractivity contribution in [2.45, 2.75) is 64.1 Å². The molecule has 1 saturated heterocycles. The molecule has 1 heterocycles. The smallest absolute Gasteiger partial charge is 0.325 e. The predicted octanol–water partition coefficient (Wildman–Crippen LogP) is 5.81. The lowest BCUT2D eigenvalue weighted by Gasteiger charge is -2.39. The molecule has 0 radical (unpaired) electrons. The highest BCUT2D eigenvalue weighted by atomic mass is 16.7. The average molecular weight is 682 g/mol. The van der Waals surface area contributed by atoms with E-state index in [0.29, 0.717) is 19.5 Å². The maximum atomic E-state index is 12.1. The molecule has 264 valence electrons. The average Bonchev–Trinajstić information content (AvgIpc) is 3.16. The largest absolute Gasteiger partial charge is 0.465 e. The molecule has 0 aliphatic carbocycles. The van der Waals surface area contributed by atoms with Crippen molar-refractivity contribution in [3.63, 3.8) is 0 Å². The second-order valence-corrected chi connectivity index (χ2v) is 12.5. The number of esters is 1. The summed E-state index contributed by atoms with van der Waals surface area (Å²) in [6.07, 6.45) is -1.03. The lowest BCUT2D eigenvalue weighted by atomic mass is 9.98. The van der Waals surface area contributed by atoms with Crippen LogP contribution in [0.3, 0.4) is 0 Å². The van der Waals surface area contributed by atoms with Crippen molar-refractivity contribution >= 4 is 12.0 Å². The fourth-order valence-corrected chi connectivity index (χ4v) is 5.99. The van der Waals surface area contributed by atoms with E-state index in [0.717, 1.165) is 38.9 Å². The van der Waals surface area contributed by atoms with Crippen LogP contribution >= 0.6 is 0 Å². The van der Waals surface area contributed by atoms with E-state index in [4.69, 9.17) is 14.2 Å². The summed E-state index contributed by atoms with van der Waals surface area (Å²) in [5, 5.41) is 25.9. The number of aliphatic hydroxyl groups excluding tert-OH is 2. The van der Waals surface area contributed by atoms with Crippen molar-refractivity contribution < 1.29 is 34.0 Å². The van der Waals surface area contributed by atoms with Crippen molar-refractivity contribution in [1.82, 2.24) is 15.5 Å². The summed E-state index contributed by atoms with van der Waals surface area (Å²) in [5.41, 5.74) is 6.49. The van der Waals surface area contributed by atoms with E-state index < -0.39 is 24.4 Å². The van der Waals surface area contributed by atoms with Gasteiger partial charge in [-0.3, -0.25) is 9.69 Å². The molecule has 1 aliphatic rings. The minimum Gasteiger partial charge on any atom is -0.465 e. The third-order valence-electron chi connectivity index (χ3n) is 8.99. The van der Waals surface area contributed by atoms with Crippen LogP contribution in [-0.4, -0.2) is 66.0 Å². The van der Waals surface area contributed by atoms with E-state index in [1.54, 1.807) is 6.92 Å². The van der Waals surface area contributed by atoms with Crippen LogP contribution in [-0.2, 0) is 32.2 Å². The summed E-state index contributed by atoms with van der Waals surface area (Å²) in [7, 11) is 2.00. The second kappa shape index (κ2) is 17.9. The Bertz CT molecular complexity index is 1670. The minimum atomic E-state index is -0.644. The summed E-state index contributed by atoms with van der Waals surface area (Å²) >= 11 is 0. The fraction of sp³-hybridized carbons (Fsp3) is 0.350. The van der Waals surface area contributed by atoms with Crippen LogP contribution in [0.1, 0.15) is 66.6 Å². The molecule has 0 spiro atoms. The highest BCUT2D eigenvalue weighted by molar-refractivity contribution is 5.80. The first-order chi connectivity index (χ1) is 24.2. The Balaban J connectivity index is 1.27. The molecule has 1 aliphatic heterocycles. The lowest BCUT2D eigenvalue weighted by molar-refractivity contribution is -0.253. The summed E-state index contributed by atoms with van der Waals surface area (Å²) in [5.74, 6) is -0.486. The number of benzene rings is 4. The SMILES string of the molecule is CCOC(=O)CNC(=O)NCc1cccc(-c2ccc([C@@H]3O[C@H](CN(C)[C@@H](C)[C@H](O)c4ccccc4)C[C@H](c4ccc(CO)cc4)O3)cc2)c1. The Kier molecular flexibility index (Phi) is 13.1. The van der Waals surface area contributed by atoms with E-state index in [2.05, 4.69) is 15.5 Å². The predicted molar refractivity (Wildman–Crippen MR) is 191 cm³/mol. The second-order valence-electron chi connectivity index (χ2n) is 12.5. The first-order valence-electron chi connectivity index (χ1n) is 17.0. The first kappa shape index (κ1) is 36.7. The molecule has 4 N–H and O–H groups in total. The Labute approximate surface area is 294 Å². The quantitative estimate of drug-likeness (QED) is 0.123. The fourth-order valence-electron chi connectivity index (χ4n) is 5.99. The van der Waals surface area contributed by atoms with Crippen LogP contribution in [0.4, 0.5) is 4.79 Å². The zero-order chi connectivity index (χ0) is 35.5. The number of ether oxygens (including phenoxy) is 3. The van der Waals surface area contributed by atoms with Crippen molar-refractivity contribution in [2.75, 3.05) is 26.7 Å². The van der Waals surface area contributed by atoms with Crippen molar-refractivity contribution in [3.8, 4) is 11.1 Å². The Morgan fingerprint density at radius 1 is 0.880 bits per heavy atom. The van der Waals surface area contributed by atoms with Crippen LogP contribution in [0.2, 0.25) is 0 Å². The van der Waals surface area contributed by atoms with Gasteiger partial charge in [0.2, 0.25) is 0 Å². The maximum Gasteiger partial charge on any atom is 0.325 e. The number of nitrogens with zero attached hydrogens (tertiary/aromatic N) is 1. The highest BCUT2D eigenvalue weighted by Crippen LogP contribution is 2.39. The van der Waals surface area contributed by atoms with E-state index >= 15 is 0 Å². The van der Waals surface area contributed by atoms with Crippen LogP contribution in [0, 0.1) is 0 Å². The van der Waals surface area contributed by atoms with Gasteiger partial charge >= 0.3 is 12.0 Å². The zero-order valence-corrected chi connectivity index (χ0v) is 28.8. The number of aliphatic hydroxyl groups is 2. The molecule has 0 unspecified atom stereocenters. The molecular formula is C40H47N3O7. The maximum absolute atomic E-state index is 12.1. The van der Waals surface area contributed by atoms with E-state index in [1.807, 2.05) is 117 Å². The number of likely N-dealkylation sites (N-methyl/N-ethyl adjacent to an activating group) is 1. The van der Waals surface area contributed by atoms with Crippen LogP contribution in [0.15, 0.2) is 103 Å².